The van der Waals surface area contributed by atoms with Gasteiger partial charge in [0.25, 0.3) is 0 Å². The zero-order chi connectivity index (χ0) is 11.5. The lowest BCUT2D eigenvalue weighted by Crippen LogP contribution is -2.02. The van der Waals surface area contributed by atoms with Gasteiger partial charge in [0.1, 0.15) is 5.82 Å². The number of nitrogens with one attached hydrogen (secondary N) is 1. The van der Waals surface area contributed by atoms with E-state index in [1.807, 2.05) is 25.2 Å². The highest BCUT2D eigenvalue weighted by Gasteiger charge is 2.08. The normalized spacial score (nSPS) is 10.7. The fourth-order valence-electron chi connectivity index (χ4n) is 1.48. The Labute approximate surface area is 106 Å². The van der Waals surface area contributed by atoms with Crippen molar-refractivity contribution in [2.24, 2.45) is 0 Å². The summed E-state index contributed by atoms with van der Waals surface area (Å²) in [5.74, 6) is -0.180. The van der Waals surface area contributed by atoms with Crippen LogP contribution in [-0.2, 0) is 6.54 Å². The molecule has 0 saturated heterocycles. The molecule has 0 unspecified atom stereocenters. The van der Waals surface area contributed by atoms with Crippen LogP contribution in [0.5, 0.6) is 0 Å². The topological polar surface area (TPSA) is 12.0 Å². The van der Waals surface area contributed by atoms with Crippen molar-refractivity contribution in [1.82, 2.24) is 5.32 Å². The van der Waals surface area contributed by atoms with Crippen molar-refractivity contribution in [3.8, 4) is 10.4 Å². The summed E-state index contributed by atoms with van der Waals surface area (Å²) in [7, 11) is 1.90. The standard InChI is InChI=1S/C12H11BrFNS/c1-15-7-9-3-5-12(16-9)10-6-8(13)2-4-11(10)14/h2-6,15H,7H2,1H3. The molecule has 16 heavy (non-hydrogen) atoms. The number of thiophene rings is 1. The summed E-state index contributed by atoms with van der Waals surface area (Å²) in [4.78, 5) is 2.17. The molecule has 1 aromatic carbocycles. The molecule has 1 nitrogen and oxygen atoms in total. The third kappa shape index (κ3) is 2.51. The zero-order valence-corrected chi connectivity index (χ0v) is 11.2. The third-order valence-corrected chi connectivity index (χ3v) is 3.82. The molecule has 1 N–H and O–H groups in total. The molecule has 2 aromatic rings. The summed E-state index contributed by atoms with van der Waals surface area (Å²) >= 11 is 4.97. The predicted octanol–water partition coefficient (Wildman–Crippen LogP) is 4.04. The van der Waals surface area contributed by atoms with Crippen LogP contribution in [-0.4, -0.2) is 7.05 Å². The van der Waals surface area contributed by atoms with Gasteiger partial charge in [0.05, 0.1) is 0 Å². The number of hydrogen-bond acceptors (Lipinski definition) is 2. The van der Waals surface area contributed by atoms with Crippen LogP contribution in [0.4, 0.5) is 4.39 Å². The smallest absolute Gasteiger partial charge is 0.131 e. The number of hydrogen-bond donors (Lipinski definition) is 1. The van der Waals surface area contributed by atoms with Crippen molar-refractivity contribution in [2.75, 3.05) is 7.05 Å². The number of rotatable bonds is 3. The molecular weight excluding hydrogens is 289 g/mol. The van der Waals surface area contributed by atoms with E-state index in [0.29, 0.717) is 5.56 Å². The van der Waals surface area contributed by atoms with Gasteiger partial charge in [0, 0.05) is 26.3 Å². The summed E-state index contributed by atoms with van der Waals surface area (Å²) < 4.78 is 14.5. The molecule has 0 aliphatic heterocycles. The summed E-state index contributed by atoms with van der Waals surface area (Å²) in [6.45, 7) is 0.820. The lowest BCUT2D eigenvalue weighted by molar-refractivity contribution is 0.631. The molecule has 2 rings (SSSR count). The van der Waals surface area contributed by atoms with E-state index in [4.69, 9.17) is 0 Å². The highest BCUT2D eigenvalue weighted by Crippen LogP contribution is 2.31. The van der Waals surface area contributed by atoms with Crippen LogP contribution in [0.1, 0.15) is 4.88 Å². The first kappa shape index (κ1) is 11.8. The van der Waals surface area contributed by atoms with Gasteiger partial charge >= 0.3 is 0 Å². The molecule has 84 valence electrons. The summed E-state index contributed by atoms with van der Waals surface area (Å²) in [5.41, 5.74) is 0.654. The first-order valence-corrected chi connectivity index (χ1v) is 6.50. The van der Waals surface area contributed by atoms with E-state index >= 15 is 0 Å². The molecule has 0 amide bonds. The Bertz CT molecular complexity index is 496. The fraction of sp³-hybridized carbons (Fsp3) is 0.167. The van der Waals surface area contributed by atoms with Crippen molar-refractivity contribution in [2.45, 2.75) is 6.54 Å². The highest BCUT2D eigenvalue weighted by molar-refractivity contribution is 9.10. The Morgan fingerprint density at radius 2 is 2.12 bits per heavy atom. The van der Waals surface area contributed by atoms with Crippen LogP contribution in [0.25, 0.3) is 10.4 Å². The minimum atomic E-state index is -0.180. The largest absolute Gasteiger partial charge is 0.315 e. The summed E-state index contributed by atoms with van der Waals surface area (Å²) in [6.07, 6.45) is 0. The molecule has 0 radical (unpaired) electrons. The molecule has 0 aliphatic carbocycles. The van der Waals surface area contributed by atoms with Crippen LogP contribution >= 0.6 is 27.3 Å². The Balaban J connectivity index is 2.38. The average molecular weight is 300 g/mol. The van der Waals surface area contributed by atoms with Crippen LogP contribution in [0.15, 0.2) is 34.8 Å². The van der Waals surface area contributed by atoms with Gasteiger partial charge in [-0.05, 0) is 37.4 Å². The molecule has 0 saturated carbocycles. The van der Waals surface area contributed by atoms with Crippen molar-refractivity contribution < 1.29 is 4.39 Å². The van der Waals surface area contributed by atoms with Crippen molar-refractivity contribution in [1.29, 1.82) is 0 Å². The SMILES string of the molecule is CNCc1ccc(-c2cc(Br)ccc2F)s1. The highest BCUT2D eigenvalue weighted by atomic mass is 79.9. The molecule has 0 spiro atoms. The predicted molar refractivity (Wildman–Crippen MR) is 70.2 cm³/mol. The van der Waals surface area contributed by atoms with Gasteiger partial charge in [-0.2, -0.15) is 0 Å². The minimum absolute atomic E-state index is 0.180. The van der Waals surface area contributed by atoms with E-state index in [2.05, 4.69) is 21.2 Å². The number of benzene rings is 1. The summed E-state index contributed by atoms with van der Waals surface area (Å²) in [5, 5.41) is 3.08. The van der Waals surface area contributed by atoms with E-state index in [0.717, 1.165) is 15.9 Å². The maximum absolute atomic E-state index is 13.6. The van der Waals surface area contributed by atoms with Gasteiger partial charge in [0.15, 0.2) is 0 Å². The minimum Gasteiger partial charge on any atom is -0.315 e. The molecule has 1 heterocycles. The summed E-state index contributed by atoms with van der Waals surface area (Å²) in [6, 6.07) is 8.99. The second kappa shape index (κ2) is 5.08. The lowest BCUT2D eigenvalue weighted by Gasteiger charge is -2.00. The average Bonchev–Trinajstić information content (AvgIpc) is 2.71. The molecule has 1 aromatic heterocycles. The molecule has 0 fully saturated rings. The Kier molecular flexibility index (Phi) is 3.74. The van der Waals surface area contributed by atoms with Crippen molar-refractivity contribution >= 4 is 27.3 Å². The second-order valence-electron chi connectivity index (χ2n) is 3.42. The van der Waals surface area contributed by atoms with Crippen LogP contribution in [0.3, 0.4) is 0 Å². The maximum atomic E-state index is 13.6. The Morgan fingerprint density at radius 3 is 2.88 bits per heavy atom. The molecule has 4 heteroatoms. The molecular formula is C12H11BrFNS. The number of halogens is 2. The van der Waals surface area contributed by atoms with Gasteiger partial charge in [-0.3, -0.25) is 0 Å². The van der Waals surface area contributed by atoms with Gasteiger partial charge in [-0.25, -0.2) is 4.39 Å². The maximum Gasteiger partial charge on any atom is 0.131 e. The third-order valence-electron chi connectivity index (χ3n) is 2.21. The van der Waals surface area contributed by atoms with Crippen LogP contribution in [0.2, 0.25) is 0 Å². The lowest BCUT2D eigenvalue weighted by atomic mass is 10.2. The van der Waals surface area contributed by atoms with Crippen molar-refractivity contribution in [3.63, 3.8) is 0 Å². The van der Waals surface area contributed by atoms with E-state index in [1.54, 1.807) is 17.4 Å². The van der Waals surface area contributed by atoms with E-state index in [9.17, 15) is 4.39 Å². The van der Waals surface area contributed by atoms with Crippen LogP contribution < -0.4 is 5.32 Å². The van der Waals surface area contributed by atoms with Gasteiger partial charge in [0.2, 0.25) is 0 Å². The van der Waals surface area contributed by atoms with Crippen molar-refractivity contribution in [3.05, 3.63) is 45.5 Å². The molecule has 0 bridgehead atoms. The van der Waals surface area contributed by atoms with Gasteiger partial charge in [-0.1, -0.05) is 15.9 Å². The van der Waals surface area contributed by atoms with E-state index < -0.39 is 0 Å². The van der Waals surface area contributed by atoms with E-state index in [1.165, 1.54) is 10.9 Å². The molecule has 0 aliphatic rings. The quantitative estimate of drug-likeness (QED) is 0.902. The fourth-order valence-corrected chi connectivity index (χ4v) is 2.88. The monoisotopic (exact) mass is 299 g/mol. The van der Waals surface area contributed by atoms with Gasteiger partial charge < -0.3 is 5.32 Å². The Morgan fingerprint density at radius 1 is 1.31 bits per heavy atom. The van der Waals surface area contributed by atoms with E-state index in [-0.39, 0.29) is 5.82 Å². The molecule has 0 atom stereocenters. The Hall–Kier alpha value is -0.710. The zero-order valence-electron chi connectivity index (χ0n) is 8.76. The second-order valence-corrected chi connectivity index (χ2v) is 5.50. The van der Waals surface area contributed by atoms with Crippen LogP contribution in [0, 0.1) is 5.82 Å². The first-order chi connectivity index (χ1) is 7.70. The first-order valence-electron chi connectivity index (χ1n) is 4.89. The van der Waals surface area contributed by atoms with Gasteiger partial charge in [-0.15, -0.1) is 11.3 Å².